The van der Waals surface area contributed by atoms with Crippen LogP contribution in [0.4, 0.5) is 0 Å². The number of hydrogen-bond acceptors (Lipinski definition) is 5. The number of benzene rings is 2. The molecule has 0 radical (unpaired) electrons. The minimum absolute atomic E-state index is 0.0508. The number of ketones is 1. The molecule has 1 aliphatic rings. The van der Waals surface area contributed by atoms with Gasteiger partial charge in [-0.2, -0.15) is 0 Å². The molecule has 1 heterocycles. The highest BCUT2D eigenvalue weighted by molar-refractivity contribution is 6.47. The Labute approximate surface area is 190 Å². The highest BCUT2D eigenvalue weighted by Crippen LogP contribution is 2.42. The number of aliphatic hydroxyl groups excluding tert-OH is 1. The molecule has 0 saturated carbocycles. The maximum Gasteiger partial charge on any atom is 0.295 e. The Balaban J connectivity index is 2.10. The quantitative estimate of drug-likeness (QED) is 0.268. The first-order chi connectivity index (χ1) is 14.9. The van der Waals surface area contributed by atoms with Crippen LogP contribution in [0.15, 0.2) is 60.7 Å². The van der Waals surface area contributed by atoms with E-state index in [-0.39, 0.29) is 29.5 Å². The van der Waals surface area contributed by atoms with Gasteiger partial charge in [0.25, 0.3) is 11.7 Å². The third-order valence-corrected chi connectivity index (χ3v) is 5.39. The lowest BCUT2D eigenvalue weighted by Crippen LogP contribution is -2.32. The van der Waals surface area contributed by atoms with E-state index < -0.39 is 17.7 Å². The van der Waals surface area contributed by atoms with Gasteiger partial charge in [-0.1, -0.05) is 41.9 Å². The smallest absolute Gasteiger partial charge is 0.295 e. The number of likely N-dealkylation sites (tertiary alicyclic amines) is 1. The van der Waals surface area contributed by atoms with Crippen LogP contribution in [0.3, 0.4) is 0 Å². The number of amides is 1. The summed E-state index contributed by atoms with van der Waals surface area (Å²) in [6.45, 7) is 4.29. The van der Waals surface area contributed by atoms with Crippen molar-refractivity contribution >= 4 is 40.7 Å². The Morgan fingerprint density at radius 1 is 1.19 bits per heavy atom. The number of Topliss-reactive ketones (excluding diaryl/α,β-unsaturated/α-hetero) is 1. The largest absolute Gasteiger partial charge is 0.507 e. The Bertz CT molecular complexity index is 1030. The molecule has 1 unspecified atom stereocenters. The monoisotopic (exact) mass is 461 g/mol. The lowest BCUT2D eigenvalue weighted by atomic mass is 9.95. The van der Waals surface area contributed by atoms with Crippen LogP contribution in [0, 0.1) is 0 Å². The molecule has 162 valence electrons. The van der Waals surface area contributed by atoms with Gasteiger partial charge < -0.3 is 19.5 Å². The predicted molar refractivity (Wildman–Crippen MR) is 119 cm³/mol. The highest BCUT2D eigenvalue weighted by Gasteiger charge is 2.46. The van der Waals surface area contributed by atoms with Crippen LogP contribution in [0.5, 0.6) is 5.75 Å². The lowest BCUT2D eigenvalue weighted by molar-refractivity contribution is -0.140. The number of rotatable bonds is 8. The molecule has 1 atom stereocenters. The van der Waals surface area contributed by atoms with Crippen molar-refractivity contribution in [1.29, 1.82) is 0 Å². The second kappa shape index (κ2) is 10.0. The number of halogens is 2. The van der Waals surface area contributed by atoms with Crippen molar-refractivity contribution in [3.63, 3.8) is 0 Å². The molecule has 31 heavy (non-hydrogen) atoms. The fourth-order valence-corrected chi connectivity index (χ4v) is 3.88. The Hall–Kier alpha value is -2.80. The van der Waals surface area contributed by atoms with E-state index in [9.17, 15) is 14.7 Å². The molecule has 3 rings (SSSR count). The van der Waals surface area contributed by atoms with Gasteiger partial charge in [-0.05, 0) is 42.0 Å². The number of nitrogens with zero attached hydrogens (tertiary/aromatic N) is 1. The second-order valence-electron chi connectivity index (χ2n) is 6.78. The molecule has 1 N–H and O–H groups in total. The molecule has 0 aromatic heterocycles. The first-order valence-corrected chi connectivity index (χ1v) is 10.2. The van der Waals surface area contributed by atoms with Crippen molar-refractivity contribution in [3.05, 3.63) is 81.9 Å². The van der Waals surface area contributed by atoms with Gasteiger partial charge in [0.2, 0.25) is 0 Å². The Morgan fingerprint density at radius 3 is 2.52 bits per heavy atom. The summed E-state index contributed by atoms with van der Waals surface area (Å²) in [6.07, 6.45) is 1.62. The van der Waals surface area contributed by atoms with Crippen LogP contribution in [0.1, 0.15) is 17.2 Å². The molecule has 1 amide bonds. The van der Waals surface area contributed by atoms with Crippen LogP contribution in [0.2, 0.25) is 10.0 Å². The molecule has 1 fully saturated rings. The molecule has 1 saturated heterocycles. The molecule has 2 aromatic rings. The Morgan fingerprint density at radius 2 is 1.90 bits per heavy atom. The van der Waals surface area contributed by atoms with Crippen molar-refractivity contribution < 1.29 is 24.2 Å². The summed E-state index contributed by atoms with van der Waals surface area (Å²) in [5.74, 6) is -1.25. The number of hydrogen-bond donors (Lipinski definition) is 1. The SMILES string of the molecule is C=CCOc1ccc(/C(O)=C2\C(=O)C(=O)N(CCOC)C2c2ccc(Cl)cc2Cl)cc1. The van der Waals surface area contributed by atoms with Gasteiger partial charge in [0, 0.05) is 29.3 Å². The zero-order valence-corrected chi connectivity index (χ0v) is 18.3. The summed E-state index contributed by atoms with van der Waals surface area (Å²) in [6, 6.07) is 10.4. The standard InChI is InChI=1S/C23H21Cl2NO5/c1-3-11-31-16-7-4-14(5-8-16)21(27)19-20(17-9-6-15(24)13-18(17)25)26(10-12-30-2)23(29)22(19)28/h3-9,13,20,27H,1,10-12H2,2H3/b21-19+. The van der Waals surface area contributed by atoms with Gasteiger partial charge in [-0.15, -0.1) is 0 Å². The van der Waals surface area contributed by atoms with E-state index in [0.717, 1.165) is 0 Å². The van der Waals surface area contributed by atoms with E-state index in [2.05, 4.69) is 6.58 Å². The number of carbonyl (C=O) groups excluding carboxylic acids is 2. The molecular formula is C23H21Cl2NO5. The highest BCUT2D eigenvalue weighted by atomic mass is 35.5. The lowest BCUT2D eigenvalue weighted by Gasteiger charge is -2.25. The number of methoxy groups -OCH3 is 1. The summed E-state index contributed by atoms with van der Waals surface area (Å²) in [5, 5.41) is 11.7. The van der Waals surface area contributed by atoms with Gasteiger partial charge in [0.15, 0.2) is 0 Å². The first kappa shape index (κ1) is 22.9. The van der Waals surface area contributed by atoms with Crippen LogP contribution < -0.4 is 4.74 Å². The van der Waals surface area contributed by atoms with E-state index in [4.69, 9.17) is 32.7 Å². The fourth-order valence-electron chi connectivity index (χ4n) is 3.37. The van der Waals surface area contributed by atoms with Gasteiger partial charge in [0.05, 0.1) is 18.2 Å². The summed E-state index contributed by atoms with van der Waals surface area (Å²) >= 11 is 12.4. The van der Waals surface area contributed by atoms with Crippen molar-refractivity contribution in [2.75, 3.05) is 26.9 Å². The maximum absolute atomic E-state index is 12.9. The predicted octanol–water partition coefficient (Wildman–Crippen LogP) is 4.63. The normalized spacial score (nSPS) is 17.8. The van der Waals surface area contributed by atoms with Crippen LogP contribution >= 0.6 is 23.2 Å². The molecule has 8 heteroatoms. The van der Waals surface area contributed by atoms with E-state index in [1.165, 1.54) is 18.1 Å². The molecule has 2 aromatic carbocycles. The molecule has 0 bridgehead atoms. The zero-order chi connectivity index (χ0) is 22.5. The van der Waals surface area contributed by atoms with Crippen molar-refractivity contribution in [2.45, 2.75) is 6.04 Å². The van der Waals surface area contributed by atoms with Crippen LogP contribution in [-0.2, 0) is 14.3 Å². The summed E-state index contributed by atoms with van der Waals surface area (Å²) in [4.78, 5) is 27.0. The molecule has 1 aliphatic heterocycles. The molecule has 0 spiro atoms. The second-order valence-corrected chi connectivity index (χ2v) is 7.62. The average molecular weight is 462 g/mol. The van der Waals surface area contributed by atoms with Gasteiger partial charge in [-0.3, -0.25) is 9.59 Å². The number of aliphatic hydroxyl groups is 1. The topological polar surface area (TPSA) is 76.1 Å². The van der Waals surface area contributed by atoms with E-state index in [0.29, 0.717) is 28.5 Å². The summed E-state index contributed by atoms with van der Waals surface area (Å²) in [7, 11) is 1.50. The summed E-state index contributed by atoms with van der Waals surface area (Å²) < 4.78 is 10.5. The van der Waals surface area contributed by atoms with Crippen molar-refractivity contribution in [1.82, 2.24) is 4.90 Å². The molecule has 6 nitrogen and oxygen atoms in total. The number of carbonyl (C=O) groups is 2. The minimum Gasteiger partial charge on any atom is -0.507 e. The van der Waals surface area contributed by atoms with Gasteiger partial charge >= 0.3 is 0 Å². The van der Waals surface area contributed by atoms with Gasteiger partial charge in [0.1, 0.15) is 18.1 Å². The molecular weight excluding hydrogens is 441 g/mol. The first-order valence-electron chi connectivity index (χ1n) is 9.45. The van der Waals surface area contributed by atoms with E-state index >= 15 is 0 Å². The third kappa shape index (κ3) is 4.77. The molecule has 0 aliphatic carbocycles. The fraction of sp³-hybridized carbons (Fsp3) is 0.217. The summed E-state index contributed by atoms with van der Waals surface area (Å²) in [5.41, 5.74) is 0.796. The number of ether oxygens (including phenoxy) is 2. The van der Waals surface area contributed by atoms with Crippen LogP contribution in [-0.4, -0.2) is 48.6 Å². The average Bonchev–Trinajstić information content (AvgIpc) is 3.00. The zero-order valence-electron chi connectivity index (χ0n) is 16.8. The maximum atomic E-state index is 12.9. The third-order valence-electron chi connectivity index (χ3n) is 4.83. The van der Waals surface area contributed by atoms with Gasteiger partial charge in [-0.25, -0.2) is 0 Å². The van der Waals surface area contributed by atoms with E-state index in [1.54, 1.807) is 42.5 Å². The van der Waals surface area contributed by atoms with Crippen molar-refractivity contribution in [3.8, 4) is 5.75 Å². The van der Waals surface area contributed by atoms with Crippen molar-refractivity contribution in [2.24, 2.45) is 0 Å². The Kier molecular flexibility index (Phi) is 7.38. The minimum atomic E-state index is -0.878. The van der Waals surface area contributed by atoms with E-state index in [1.807, 2.05) is 0 Å². The van der Waals surface area contributed by atoms with Crippen LogP contribution in [0.25, 0.3) is 5.76 Å².